The maximum Gasteiger partial charge on any atom is 0.232 e. The van der Waals surface area contributed by atoms with Gasteiger partial charge in [0.2, 0.25) is 15.9 Å². The average Bonchev–Trinajstić information content (AvgIpc) is 2.65. The second-order valence-corrected chi connectivity index (χ2v) is 9.95. The summed E-state index contributed by atoms with van der Waals surface area (Å²) in [5, 5.41) is 3.11. The summed E-state index contributed by atoms with van der Waals surface area (Å²) in [6, 6.07) is 11.9. The molecule has 0 spiro atoms. The lowest BCUT2D eigenvalue weighted by atomic mass is 9.97. The van der Waals surface area contributed by atoms with Gasteiger partial charge < -0.3 is 5.32 Å². The molecule has 30 heavy (non-hydrogen) atoms. The van der Waals surface area contributed by atoms with Crippen LogP contribution in [0.3, 0.4) is 0 Å². The van der Waals surface area contributed by atoms with Gasteiger partial charge in [-0.3, -0.25) is 9.10 Å². The van der Waals surface area contributed by atoms with Gasteiger partial charge in [0.1, 0.15) is 0 Å². The first-order valence-corrected chi connectivity index (χ1v) is 12.3. The minimum Gasteiger partial charge on any atom is -0.349 e. The van der Waals surface area contributed by atoms with E-state index in [0.717, 1.165) is 23.1 Å². The third kappa shape index (κ3) is 6.08. The predicted octanol–water partition coefficient (Wildman–Crippen LogP) is 4.73. The van der Waals surface area contributed by atoms with Gasteiger partial charge in [0.25, 0.3) is 0 Å². The van der Waals surface area contributed by atoms with Gasteiger partial charge >= 0.3 is 0 Å². The molecule has 0 heterocycles. The number of benzene rings is 2. The highest BCUT2D eigenvalue weighted by molar-refractivity contribution is 7.92. The van der Waals surface area contributed by atoms with Crippen LogP contribution in [0, 0.1) is 27.7 Å². The Balaban J connectivity index is 2.04. The van der Waals surface area contributed by atoms with Crippen LogP contribution in [0.15, 0.2) is 36.4 Å². The highest BCUT2D eigenvalue weighted by Crippen LogP contribution is 2.26. The molecule has 0 unspecified atom stereocenters. The van der Waals surface area contributed by atoms with Crippen LogP contribution in [0.5, 0.6) is 0 Å². The Labute approximate surface area is 181 Å². The number of anilines is 1. The summed E-state index contributed by atoms with van der Waals surface area (Å²) in [5.41, 5.74) is 6.15. The molecule has 0 radical (unpaired) electrons. The van der Waals surface area contributed by atoms with Crippen LogP contribution < -0.4 is 9.62 Å². The fraction of sp³-hybridized carbons (Fsp3) is 0.458. The molecule has 1 amide bonds. The molecule has 5 nitrogen and oxygen atoms in total. The van der Waals surface area contributed by atoms with Crippen LogP contribution in [0.25, 0.3) is 0 Å². The van der Waals surface area contributed by atoms with Gasteiger partial charge in [-0.25, -0.2) is 8.42 Å². The highest BCUT2D eigenvalue weighted by Gasteiger charge is 2.20. The van der Waals surface area contributed by atoms with E-state index in [4.69, 9.17) is 0 Å². The second-order valence-electron chi connectivity index (χ2n) is 8.05. The largest absolute Gasteiger partial charge is 0.349 e. The Morgan fingerprint density at radius 2 is 1.77 bits per heavy atom. The Bertz CT molecular complexity index is 1000. The zero-order chi connectivity index (χ0) is 22.5. The number of carbonyl (C=O) groups is 1. The average molecular weight is 431 g/mol. The van der Waals surface area contributed by atoms with Crippen LogP contribution in [-0.2, 0) is 14.8 Å². The van der Waals surface area contributed by atoms with Gasteiger partial charge in [-0.15, -0.1) is 0 Å². The molecule has 6 heteroatoms. The van der Waals surface area contributed by atoms with Crippen molar-refractivity contribution in [1.29, 1.82) is 0 Å². The van der Waals surface area contributed by atoms with E-state index in [2.05, 4.69) is 44.3 Å². The summed E-state index contributed by atoms with van der Waals surface area (Å²) < 4.78 is 26.1. The number of nitrogens with zero attached hydrogens (tertiary/aromatic N) is 1. The Morgan fingerprint density at radius 1 is 1.07 bits per heavy atom. The zero-order valence-corrected chi connectivity index (χ0v) is 19.8. The number of carbonyl (C=O) groups excluding carboxylic acids is 1. The SMILES string of the molecule is CC[C@@H](NC(=O)CCCN(c1cccc(C)c1C)S(C)(=O)=O)c1ccc(C)cc1C. The molecule has 2 rings (SSSR count). The molecule has 2 aromatic carbocycles. The summed E-state index contributed by atoms with van der Waals surface area (Å²) in [6.07, 6.45) is 2.74. The van der Waals surface area contributed by atoms with Crippen molar-refractivity contribution in [2.75, 3.05) is 17.1 Å². The molecular weight excluding hydrogens is 396 g/mol. The van der Waals surface area contributed by atoms with E-state index in [1.54, 1.807) is 0 Å². The highest BCUT2D eigenvalue weighted by atomic mass is 32.2. The number of amides is 1. The number of hydrogen-bond donors (Lipinski definition) is 1. The third-order valence-electron chi connectivity index (χ3n) is 5.55. The van der Waals surface area contributed by atoms with Crippen molar-refractivity contribution in [3.8, 4) is 0 Å². The maximum absolute atomic E-state index is 12.6. The molecule has 0 aliphatic heterocycles. The summed E-state index contributed by atoms with van der Waals surface area (Å²) in [4.78, 5) is 12.6. The van der Waals surface area contributed by atoms with Crippen LogP contribution >= 0.6 is 0 Å². The normalized spacial score (nSPS) is 12.5. The Hall–Kier alpha value is -2.34. The molecule has 0 aromatic heterocycles. The van der Waals surface area contributed by atoms with E-state index < -0.39 is 10.0 Å². The molecule has 0 fully saturated rings. The molecule has 0 aliphatic carbocycles. The number of hydrogen-bond acceptors (Lipinski definition) is 3. The summed E-state index contributed by atoms with van der Waals surface area (Å²) in [6.45, 7) is 10.3. The molecular formula is C24H34N2O3S. The molecule has 0 bridgehead atoms. The van der Waals surface area contributed by atoms with Crippen molar-refractivity contribution in [2.24, 2.45) is 0 Å². The summed E-state index contributed by atoms with van der Waals surface area (Å²) >= 11 is 0. The predicted molar refractivity (Wildman–Crippen MR) is 124 cm³/mol. The first-order valence-electron chi connectivity index (χ1n) is 10.4. The van der Waals surface area contributed by atoms with E-state index in [1.807, 2.05) is 32.0 Å². The van der Waals surface area contributed by atoms with Crippen LogP contribution in [0.4, 0.5) is 5.69 Å². The molecule has 1 atom stereocenters. The zero-order valence-electron chi connectivity index (χ0n) is 19.0. The van der Waals surface area contributed by atoms with Crippen molar-refractivity contribution in [1.82, 2.24) is 5.32 Å². The number of rotatable bonds is 9. The van der Waals surface area contributed by atoms with Crippen molar-refractivity contribution in [2.45, 2.75) is 59.9 Å². The van der Waals surface area contributed by atoms with Crippen molar-refractivity contribution in [3.05, 3.63) is 64.2 Å². The fourth-order valence-corrected chi connectivity index (χ4v) is 4.75. The fourth-order valence-electron chi connectivity index (χ4n) is 3.74. The maximum atomic E-state index is 12.6. The quantitative estimate of drug-likeness (QED) is 0.625. The molecule has 2 aromatic rings. The smallest absolute Gasteiger partial charge is 0.232 e. The molecule has 0 saturated heterocycles. The van der Waals surface area contributed by atoms with Crippen LogP contribution in [0.1, 0.15) is 60.0 Å². The lowest BCUT2D eigenvalue weighted by molar-refractivity contribution is -0.121. The van der Waals surface area contributed by atoms with Crippen LogP contribution in [-0.4, -0.2) is 27.1 Å². The third-order valence-corrected chi connectivity index (χ3v) is 6.73. The van der Waals surface area contributed by atoms with E-state index in [-0.39, 0.29) is 24.9 Å². The molecule has 0 aliphatic rings. The lowest BCUT2D eigenvalue weighted by Gasteiger charge is -2.25. The van der Waals surface area contributed by atoms with Gasteiger partial charge in [0.05, 0.1) is 18.0 Å². The summed E-state index contributed by atoms with van der Waals surface area (Å²) in [5.74, 6) is -0.0590. The number of aryl methyl sites for hydroxylation is 3. The van der Waals surface area contributed by atoms with Crippen molar-refractivity contribution >= 4 is 21.6 Å². The number of nitrogens with one attached hydrogen (secondary N) is 1. The monoisotopic (exact) mass is 430 g/mol. The first-order chi connectivity index (χ1) is 14.0. The van der Waals surface area contributed by atoms with E-state index in [0.29, 0.717) is 12.1 Å². The van der Waals surface area contributed by atoms with Gasteiger partial charge in [-0.1, -0.05) is 42.8 Å². The van der Waals surface area contributed by atoms with E-state index in [1.165, 1.54) is 21.7 Å². The van der Waals surface area contributed by atoms with Gasteiger partial charge in [-0.2, -0.15) is 0 Å². The Kier molecular flexibility index (Phi) is 8.07. The first kappa shape index (κ1) is 23.9. The standard InChI is InChI=1S/C24H34N2O3S/c1-7-22(21-14-13-17(2)16-19(21)4)25-24(27)12-9-15-26(30(6,28)29)23-11-8-10-18(3)20(23)5/h8,10-11,13-14,16,22H,7,9,12,15H2,1-6H3,(H,25,27)/t22-/m1/s1. The van der Waals surface area contributed by atoms with Gasteiger partial charge in [0, 0.05) is 13.0 Å². The van der Waals surface area contributed by atoms with Crippen LogP contribution in [0.2, 0.25) is 0 Å². The minimum absolute atomic E-state index is 0.0388. The Morgan fingerprint density at radius 3 is 2.37 bits per heavy atom. The van der Waals surface area contributed by atoms with Gasteiger partial charge in [0.15, 0.2) is 0 Å². The lowest BCUT2D eigenvalue weighted by Crippen LogP contribution is -2.33. The van der Waals surface area contributed by atoms with Gasteiger partial charge in [-0.05, 0) is 68.9 Å². The molecule has 164 valence electrons. The number of sulfonamides is 1. The van der Waals surface area contributed by atoms with Crippen molar-refractivity contribution < 1.29 is 13.2 Å². The van der Waals surface area contributed by atoms with Crippen molar-refractivity contribution in [3.63, 3.8) is 0 Å². The van der Waals surface area contributed by atoms with E-state index in [9.17, 15) is 13.2 Å². The summed E-state index contributed by atoms with van der Waals surface area (Å²) in [7, 11) is -3.43. The second kappa shape index (κ2) is 10.1. The minimum atomic E-state index is -3.43. The molecule has 0 saturated carbocycles. The molecule has 1 N–H and O–H groups in total. The van der Waals surface area contributed by atoms with E-state index >= 15 is 0 Å². The topological polar surface area (TPSA) is 66.5 Å².